The molecule has 3 N–H and O–H groups in total. The predicted octanol–water partition coefficient (Wildman–Crippen LogP) is 2.96. The van der Waals surface area contributed by atoms with E-state index in [2.05, 4.69) is 15.4 Å². The van der Waals surface area contributed by atoms with E-state index < -0.39 is 21.5 Å². The molecule has 0 heterocycles. The molecule has 2 amide bonds. The van der Waals surface area contributed by atoms with Crippen molar-refractivity contribution in [3.05, 3.63) is 58.6 Å². The number of hydrogen-bond acceptors (Lipinski definition) is 4. The fourth-order valence-electron chi connectivity index (χ4n) is 2.56. The molecule has 0 fully saturated rings. The van der Waals surface area contributed by atoms with Gasteiger partial charge >= 0.3 is 0 Å². The Hall–Kier alpha value is -2.42. The number of para-hydroxylation sites is 1. The summed E-state index contributed by atoms with van der Waals surface area (Å²) in [5, 5.41) is 5.27. The van der Waals surface area contributed by atoms with E-state index in [0.29, 0.717) is 11.3 Å². The van der Waals surface area contributed by atoms with Crippen molar-refractivity contribution in [1.82, 2.24) is 10.0 Å². The summed E-state index contributed by atoms with van der Waals surface area (Å²) >= 11 is 6.08. The van der Waals surface area contributed by atoms with Crippen LogP contribution in [-0.4, -0.2) is 32.8 Å². The van der Waals surface area contributed by atoms with Crippen molar-refractivity contribution in [2.24, 2.45) is 0 Å². The molecule has 0 aliphatic heterocycles. The molecule has 0 radical (unpaired) electrons. The lowest BCUT2D eigenvalue weighted by molar-refractivity contribution is -0.119. The van der Waals surface area contributed by atoms with Gasteiger partial charge in [-0.2, -0.15) is 0 Å². The molecule has 9 heteroatoms. The minimum atomic E-state index is -3.92. The predicted molar refractivity (Wildman–Crippen MR) is 114 cm³/mol. The zero-order chi connectivity index (χ0) is 21.8. The van der Waals surface area contributed by atoms with Gasteiger partial charge in [0, 0.05) is 23.8 Å². The SMILES string of the molecule is CNC(=O)Cc1ccccc1NC(=O)c1ccc(Cl)c(S(=O)(=O)NC(C)(C)C)c1. The van der Waals surface area contributed by atoms with E-state index in [0.717, 1.165) is 0 Å². The summed E-state index contributed by atoms with van der Waals surface area (Å²) in [7, 11) is -2.39. The number of hydrogen-bond donors (Lipinski definition) is 3. The summed E-state index contributed by atoms with van der Waals surface area (Å²) in [6.07, 6.45) is 0.0999. The van der Waals surface area contributed by atoms with Gasteiger partial charge in [0.25, 0.3) is 5.91 Å². The fourth-order valence-corrected chi connectivity index (χ4v) is 4.51. The van der Waals surface area contributed by atoms with Crippen molar-refractivity contribution < 1.29 is 18.0 Å². The number of carbonyl (C=O) groups excluding carboxylic acids is 2. The molecule has 0 unspecified atom stereocenters. The Morgan fingerprint density at radius 1 is 1.07 bits per heavy atom. The van der Waals surface area contributed by atoms with E-state index in [1.807, 2.05) is 0 Å². The first-order valence-corrected chi connectivity index (χ1v) is 10.7. The Labute approximate surface area is 175 Å². The van der Waals surface area contributed by atoms with Crippen molar-refractivity contribution >= 4 is 39.1 Å². The summed E-state index contributed by atoms with van der Waals surface area (Å²) in [5.41, 5.74) is 0.516. The third-order valence-corrected chi connectivity index (χ3v) is 6.06. The van der Waals surface area contributed by atoms with Crippen molar-refractivity contribution in [1.29, 1.82) is 0 Å². The topological polar surface area (TPSA) is 104 Å². The van der Waals surface area contributed by atoms with Crippen molar-refractivity contribution in [2.75, 3.05) is 12.4 Å². The van der Waals surface area contributed by atoms with Gasteiger partial charge < -0.3 is 10.6 Å². The van der Waals surface area contributed by atoms with Crippen LogP contribution in [0.15, 0.2) is 47.4 Å². The van der Waals surface area contributed by atoms with Gasteiger partial charge in [-0.15, -0.1) is 0 Å². The molecule has 0 aliphatic carbocycles. The summed E-state index contributed by atoms with van der Waals surface area (Å²) in [6.45, 7) is 5.12. The Kier molecular flexibility index (Phi) is 7.05. The van der Waals surface area contributed by atoms with Crippen molar-refractivity contribution in [3.63, 3.8) is 0 Å². The summed E-state index contributed by atoms with van der Waals surface area (Å²) in [4.78, 5) is 24.2. The van der Waals surface area contributed by atoms with Crippen molar-refractivity contribution in [3.8, 4) is 0 Å². The van der Waals surface area contributed by atoms with Gasteiger partial charge in [-0.1, -0.05) is 29.8 Å². The Morgan fingerprint density at radius 3 is 2.34 bits per heavy atom. The van der Waals surface area contributed by atoms with E-state index in [-0.39, 0.29) is 27.8 Å². The lowest BCUT2D eigenvalue weighted by Gasteiger charge is -2.21. The normalized spacial score (nSPS) is 11.8. The smallest absolute Gasteiger partial charge is 0.255 e. The highest BCUT2D eigenvalue weighted by Gasteiger charge is 2.25. The van der Waals surface area contributed by atoms with Crippen LogP contribution in [0.25, 0.3) is 0 Å². The van der Waals surface area contributed by atoms with Crippen LogP contribution in [0.5, 0.6) is 0 Å². The third-order valence-electron chi connectivity index (χ3n) is 3.82. The lowest BCUT2D eigenvalue weighted by atomic mass is 10.1. The maximum atomic E-state index is 12.7. The Bertz CT molecular complexity index is 1030. The first kappa shape index (κ1) is 22.9. The molecule has 0 bridgehead atoms. The highest BCUT2D eigenvalue weighted by molar-refractivity contribution is 7.89. The lowest BCUT2D eigenvalue weighted by Crippen LogP contribution is -2.40. The number of likely N-dealkylation sites (N-methyl/N-ethyl adjacent to an activating group) is 1. The molecule has 2 rings (SSSR count). The van der Waals surface area contributed by atoms with Crippen molar-refractivity contribution in [2.45, 2.75) is 37.6 Å². The van der Waals surface area contributed by atoms with E-state index in [9.17, 15) is 18.0 Å². The van der Waals surface area contributed by atoms with Crippen LogP contribution >= 0.6 is 11.6 Å². The minimum absolute atomic E-state index is 0.0123. The second-order valence-corrected chi connectivity index (χ2v) is 9.52. The molecule has 0 atom stereocenters. The maximum Gasteiger partial charge on any atom is 0.255 e. The number of anilines is 1. The van der Waals surface area contributed by atoms with Gasteiger partial charge in [0.1, 0.15) is 4.90 Å². The Balaban J connectivity index is 2.33. The van der Waals surface area contributed by atoms with Crippen LogP contribution < -0.4 is 15.4 Å². The van der Waals surface area contributed by atoms with Gasteiger partial charge in [0.2, 0.25) is 15.9 Å². The number of amides is 2. The second kappa shape index (κ2) is 8.94. The molecular weight excluding hydrogens is 414 g/mol. The molecule has 0 spiro atoms. The van der Waals surface area contributed by atoms with E-state index in [4.69, 9.17) is 11.6 Å². The number of benzene rings is 2. The third kappa shape index (κ3) is 6.28. The highest BCUT2D eigenvalue weighted by atomic mass is 35.5. The monoisotopic (exact) mass is 437 g/mol. The van der Waals surface area contributed by atoms with Gasteiger partial charge in [-0.05, 0) is 50.6 Å². The molecule has 0 saturated heterocycles. The van der Waals surface area contributed by atoms with E-state index >= 15 is 0 Å². The number of carbonyl (C=O) groups is 2. The van der Waals surface area contributed by atoms with Crippen LogP contribution in [0.1, 0.15) is 36.7 Å². The molecule has 7 nitrogen and oxygen atoms in total. The average Bonchev–Trinajstić information content (AvgIpc) is 2.61. The highest BCUT2D eigenvalue weighted by Crippen LogP contribution is 2.25. The van der Waals surface area contributed by atoms with Crippen LogP contribution in [0, 0.1) is 0 Å². The molecule has 2 aromatic rings. The largest absolute Gasteiger partial charge is 0.359 e. The van der Waals surface area contributed by atoms with Crippen LogP contribution in [0.3, 0.4) is 0 Å². The Morgan fingerprint density at radius 2 is 1.72 bits per heavy atom. The minimum Gasteiger partial charge on any atom is -0.359 e. The number of sulfonamides is 1. The first-order chi connectivity index (χ1) is 13.4. The fraction of sp³-hybridized carbons (Fsp3) is 0.300. The second-order valence-electron chi connectivity index (χ2n) is 7.46. The molecule has 0 aromatic heterocycles. The standard InChI is InChI=1S/C20H24ClN3O4S/c1-20(2,3)24-29(27,28)17-11-14(9-10-15(17)21)19(26)23-16-8-6-5-7-13(16)12-18(25)22-4/h5-11,24H,12H2,1-4H3,(H,22,25)(H,23,26). The molecular formula is C20H24ClN3O4S. The van der Waals surface area contributed by atoms with Gasteiger partial charge in [0.05, 0.1) is 11.4 Å². The van der Waals surface area contributed by atoms with Crippen LogP contribution in [0.4, 0.5) is 5.69 Å². The van der Waals surface area contributed by atoms with Crippen LogP contribution in [0.2, 0.25) is 5.02 Å². The molecule has 0 saturated carbocycles. The average molecular weight is 438 g/mol. The van der Waals surface area contributed by atoms with Gasteiger partial charge in [-0.25, -0.2) is 13.1 Å². The summed E-state index contributed by atoms with van der Waals surface area (Å²) in [6, 6.07) is 10.9. The number of rotatable bonds is 6. The van der Waals surface area contributed by atoms with Crippen LogP contribution in [-0.2, 0) is 21.2 Å². The van der Waals surface area contributed by atoms with Gasteiger partial charge in [0.15, 0.2) is 0 Å². The number of halogens is 1. The van der Waals surface area contributed by atoms with E-state index in [1.165, 1.54) is 25.2 Å². The molecule has 0 aliphatic rings. The molecule has 2 aromatic carbocycles. The van der Waals surface area contributed by atoms with E-state index in [1.54, 1.807) is 45.0 Å². The number of nitrogens with one attached hydrogen (secondary N) is 3. The summed E-state index contributed by atoms with van der Waals surface area (Å²) in [5.74, 6) is -0.710. The zero-order valence-corrected chi connectivity index (χ0v) is 18.2. The quantitative estimate of drug-likeness (QED) is 0.646. The zero-order valence-electron chi connectivity index (χ0n) is 16.7. The van der Waals surface area contributed by atoms with Gasteiger partial charge in [-0.3, -0.25) is 9.59 Å². The molecule has 156 valence electrons. The summed E-state index contributed by atoms with van der Waals surface area (Å²) < 4.78 is 27.8. The first-order valence-electron chi connectivity index (χ1n) is 8.86. The molecule has 29 heavy (non-hydrogen) atoms. The maximum absolute atomic E-state index is 12.7.